The highest BCUT2D eigenvalue weighted by Gasteiger charge is 2.08. The van der Waals surface area contributed by atoms with E-state index in [1.807, 2.05) is 12.1 Å². The van der Waals surface area contributed by atoms with E-state index in [1.165, 1.54) is 5.56 Å². The van der Waals surface area contributed by atoms with Gasteiger partial charge in [-0.15, -0.1) is 0 Å². The van der Waals surface area contributed by atoms with Crippen LogP contribution in [0.25, 0.3) is 0 Å². The summed E-state index contributed by atoms with van der Waals surface area (Å²) in [6.07, 6.45) is 2.32. The first-order valence-electron chi connectivity index (χ1n) is 6.43. The van der Waals surface area contributed by atoms with E-state index in [0.717, 1.165) is 23.1 Å². The second-order valence-electron chi connectivity index (χ2n) is 4.73. The average Bonchev–Trinajstić information content (AvgIpc) is 2.39. The number of nitrogens with zero attached hydrogens (tertiary/aromatic N) is 1. The van der Waals surface area contributed by atoms with Crippen LogP contribution in [0.5, 0.6) is 5.75 Å². The number of unbranched alkanes of at least 4 members (excludes halogenated alkanes) is 1. The fraction of sp³-hybridized carbons (Fsp3) is 0.500. The lowest BCUT2D eigenvalue weighted by molar-refractivity contribution is 0.301. The van der Waals surface area contributed by atoms with E-state index in [2.05, 4.69) is 41.0 Å². The zero-order valence-electron chi connectivity index (χ0n) is 11.4. The van der Waals surface area contributed by atoms with Gasteiger partial charge in [0.1, 0.15) is 11.6 Å². The van der Waals surface area contributed by atoms with Gasteiger partial charge in [0.05, 0.1) is 6.61 Å². The third-order valence-electron chi connectivity index (χ3n) is 2.81. The van der Waals surface area contributed by atoms with Gasteiger partial charge < -0.3 is 15.7 Å². The lowest BCUT2D eigenvalue weighted by atomic mass is 10.0. The maximum absolute atomic E-state index is 8.42. The van der Waals surface area contributed by atoms with Gasteiger partial charge in [0.2, 0.25) is 0 Å². The van der Waals surface area contributed by atoms with Gasteiger partial charge in [0, 0.05) is 10.9 Å². The normalized spacial score (nSPS) is 11.9. The molecule has 1 aromatic rings. The van der Waals surface area contributed by atoms with Crippen molar-refractivity contribution in [3.63, 3.8) is 0 Å². The van der Waals surface area contributed by atoms with Crippen molar-refractivity contribution in [3.8, 4) is 5.75 Å². The molecule has 0 aliphatic heterocycles. The van der Waals surface area contributed by atoms with Crippen LogP contribution in [0, 0.1) is 0 Å². The summed E-state index contributed by atoms with van der Waals surface area (Å²) < 4.78 is 6.87. The number of amidine groups is 1. The number of hydrogen-bond acceptors (Lipinski definition) is 3. The summed E-state index contributed by atoms with van der Waals surface area (Å²) in [5, 5.41) is 11.4. The minimum absolute atomic E-state index is 0.270. The van der Waals surface area contributed by atoms with Crippen LogP contribution in [0.3, 0.4) is 0 Å². The molecule has 0 bridgehead atoms. The van der Waals surface area contributed by atoms with Crippen LogP contribution in [0.4, 0.5) is 0 Å². The van der Waals surface area contributed by atoms with Crippen molar-refractivity contribution < 1.29 is 9.94 Å². The summed E-state index contributed by atoms with van der Waals surface area (Å²) in [6.45, 7) is 4.93. The molecule has 0 unspecified atom stereocenters. The molecular formula is C14H21BrN2O2. The summed E-state index contributed by atoms with van der Waals surface area (Å²) in [4.78, 5) is 0. The maximum atomic E-state index is 8.42. The summed E-state index contributed by atoms with van der Waals surface area (Å²) in [5.74, 6) is 1.62. The standard InChI is InChI=1S/C14H21BrN2O2/c1-10(2)12-9-11(15)6-7-13(12)19-8-4-3-5-14(16)17-18/h6-7,9-10,18H,3-5,8H2,1-2H3,(H2,16,17). The van der Waals surface area contributed by atoms with Crippen LogP contribution in [0.1, 0.15) is 44.6 Å². The molecule has 5 heteroatoms. The number of ether oxygens (including phenoxy) is 1. The minimum Gasteiger partial charge on any atom is -0.493 e. The zero-order chi connectivity index (χ0) is 14.3. The number of nitrogens with two attached hydrogens (primary N) is 1. The van der Waals surface area contributed by atoms with Gasteiger partial charge >= 0.3 is 0 Å². The third kappa shape index (κ3) is 5.51. The highest BCUT2D eigenvalue weighted by molar-refractivity contribution is 9.10. The number of halogens is 1. The van der Waals surface area contributed by atoms with Gasteiger partial charge in [-0.2, -0.15) is 0 Å². The first-order chi connectivity index (χ1) is 9.04. The number of rotatable bonds is 7. The predicted octanol–water partition coefficient (Wildman–Crippen LogP) is 3.87. The van der Waals surface area contributed by atoms with Crippen molar-refractivity contribution in [2.75, 3.05) is 6.61 Å². The molecule has 0 radical (unpaired) electrons. The molecule has 0 heterocycles. The Morgan fingerprint density at radius 1 is 1.42 bits per heavy atom. The summed E-state index contributed by atoms with van der Waals surface area (Å²) in [6, 6.07) is 6.07. The van der Waals surface area contributed by atoms with E-state index in [-0.39, 0.29) is 5.84 Å². The summed E-state index contributed by atoms with van der Waals surface area (Å²) in [7, 11) is 0. The number of oxime groups is 1. The molecular weight excluding hydrogens is 308 g/mol. The van der Waals surface area contributed by atoms with Crippen LogP contribution in [-0.2, 0) is 0 Å². The van der Waals surface area contributed by atoms with Gasteiger partial charge in [0.25, 0.3) is 0 Å². The van der Waals surface area contributed by atoms with Crippen molar-refractivity contribution in [2.45, 2.75) is 39.0 Å². The van der Waals surface area contributed by atoms with Crippen LogP contribution in [0.15, 0.2) is 27.8 Å². The van der Waals surface area contributed by atoms with Gasteiger partial charge in [-0.1, -0.05) is 34.9 Å². The van der Waals surface area contributed by atoms with Crippen molar-refractivity contribution >= 4 is 21.8 Å². The van der Waals surface area contributed by atoms with Crippen molar-refractivity contribution in [2.24, 2.45) is 10.9 Å². The van der Waals surface area contributed by atoms with Gasteiger partial charge in [-0.25, -0.2) is 0 Å². The number of benzene rings is 1. The molecule has 0 aliphatic rings. The molecule has 3 N–H and O–H groups in total. The fourth-order valence-electron chi connectivity index (χ4n) is 1.74. The first kappa shape index (κ1) is 15.8. The van der Waals surface area contributed by atoms with Crippen LogP contribution in [0.2, 0.25) is 0 Å². The highest BCUT2D eigenvalue weighted by atomic mass is 79.9. The molecule has 0 amide bonds. The maximum Gasteiger partial charge on any atom is 0.139 e. The Morgan fingerprint density at radius 3 is 2.79 bits per heavy atom. The monoisotopic (exact) mass is 328 g/mol. The van der Waals surface area contributed by atoms with E-state index in [0.29, 0.717) is 18.9 Å². The quantitative estimate of drug-likeness (QED) is 0.262. The molecule has 0 aliphatic carbocycles. The molecule has 0 fully saturated rings. The molecule has 0 saturated carbocycles. The molecule has 106 valence electrons. The molecule has 1 rings (SSSR count). The molecule has 0 spiro atoms. The lowest BCUT2D eigenvalue weighted by Gasteiger charge is -2.14. The highest BCUT2D eigenvalue weighted by Crippen LogP contribution is 2.29. The minimum atomic E-state index is 0.270. The Bertz CT molecular complexity index is 433. The topological polar surface area (TPSA) is 67.8 Å². The lowest BCUT2D eigenvalue weighted by Crippen LogP contribution is -2.11. The summed E-state index contributed by atoms with van der Waals surface area (Å²) in [5.41, 5.74) is 6.60. The molecule has 0 saturated heterocycles. The molecule has 19 heavy (non-hydrogen) atoms. The van der Waals surface area contributed by atoms with E-state index < -0.39 is 0 Å². The van der Waals surface area contributed by atoms with Crippen LogP contribution in [-0.4, -0.2) is 17.6 Å². The number of hydrogen-bond donors (Lipinski definition) is 2. The zero-order valence-corrected chi connectivity index (χ0v) is 13.0. The largest absolute Gasteiger partial charge is 0.493 e. The van der Waals surface area contributed by atoms with Gasteiger partial charge in [-0.3, -0.25) is 0 Å². The third-order valence-corrected chi connectivity index (χ3v) is 3.30. The molecule has 0 aromatic heterocycles. The average molecular weight is 329 g/mol. The molecule has 4 nitrogen and oxygen atoms in total. The fourth-order valence-corrected chi connectivity index (χ4v) is 2.12. The van der Waals surface area contributed by atoms with E-state index >= 15 is 0 Å². The predicted molar refractivity (Wildman–Crippen MR) is 81.0 cm³/mol. The first-order valence-corrected chi connectivity index (χ1v) is 7.22. The van der Waals surface area contributed by atoms with E-state index in [4.69, 9.17) is 15.7 Å². The van der Waals surface area contributed by atoms with Crippen LogP contribution < -0.4 is 10.5 Å². The smallest absolute Gasteiger partial charge is 0.139 e. The van der Waals surface area contributed by atoms with Crippen molar-refractivity contribution in [1.29, 1.82) is 0 Å². The Kier molecular flexibility index (Phi) is 6.70. The summed E-state index contributed by atoms with van der Waals surface area (Å²) >= 11 is 3.48. The van der Waals surface area contributed by atoms with E-state index in [9.17, 15) is 0 Å². The second-order valence-corrected chi connectivity index (χ2v) is 5.65. The SMILES string of the molecule is CC(C)c1cc(Br)ccc1OCCCC/C(N)=N/O. The van der Waals surface area contributed by atoms with Crippen molar-refractivity contribution in [1.82, 2.24) is 0 Å². The Balaban J connectivity index is 2.45. The second kappa shape index (κ2) is 8.04. The van der Waals surface area contributed by atoms with Crippen LogP contribution >= 0.6 is 15.9 Å². The Labute approximate surface area is 122 Å². The Morgan fingerprint density at radius 2 is 2.16 bits per heavy atom. The van der Waals surface area contributed by atoms with Crippen molar-refractivity contribution in [3.05, 3.63) is 28.2 Å². The Hall–Kier alpha value is -1.23. The molecule has 0 atom stereocenters. The van der Waals surface area contributed by atoms with E-state index in [1.54, 1.807) is 0 Å². The van der Waals surface area contributed by atoms with Gasteiger partial charge in [-0.05, 0) is 42.5 Å². The molecule has 1 aromatic carbocycles. The van der Waals surface area contributed by atoms with Gasteiger partial charge in [0.15, 0.2) is 0 Å².